The SMILES string of the molecule is COC1CN(C)C=C(B(O)O)C=N1. The van der Waals surface area contributed by atoms with Crippen LogP contribution in [0.25, 0.3) is 0 Å². The number of nitrogens with zero attached hydrogens (tertiary/aromatic N) is 2. The molecule has 0 radical (unpaired) electrons. The molecule has 0 aromatic carbocycles. The highest BCUT2D eigenvalue weighted by atomic mass is 16.5. The van der Waals surface area contributed by atoms with Crippen LogP contribution in [-0.2, 0) is 4.74 Å². The predicted molar refractivity (Wildman–Crippen MR) is 50.2 cm³/mol. The highest BCUT2D eigenvalue weighted by Gasteiger charge is 2.18. The van der Waals surface area contributed by atoms with Gasteiger partial charge < -0.3 is 19.7 Å². The summed E-state index contributed by atoms with van der Waals surface area (Å²) in [7, 11) is 1.90. The molecule has 0 saturated carbocycles. The van der Waals surface area contributed by atoms with E-state index in [9.17, 15) is 0 Å². The summed E-state index contributed by atoms with van der Waals surface area (Å²) in [5, 5.41) is 17.8. The minimum absolute atomic E-state index is 0.252. The number of likely N-dealkylation sites (N-methyl/N-ethyl adjacent to an activating group) is 1. The zero-order valence-electron chi connectivity index (χ0n) is 7.71. The van der Waals surface area contributed by atoms with Crippen LogP contribution in [0.1, 0.15) is 0 Å². The Labute approximate surface area is 77.5 Å². The van der Waals surface area contributed by atoms with Gasteiger partial charge in [-0.25, -0.2) is 0 Å². The van der Waals surface area contributed by atoms with Gasteiger partial charge >= 0.3 is 7.12 Å². The van der Waals surface area contributed by atoms with E-state index < -0.39 is 7.12 Å². The van der Waals surface area contributed by atoms with Crippen molar-refractivity contribution in [3.05, 3.63) is 11.7 Å². The highest BCUT2D eigenvalue weighted by molar-refractivity contribution is 6.56. The van der Waals surface area contributed by atoms with Gasteiger partial charge in [0.2, 0.25) is 0 Å². The second-order valence-corrected chi connectivity index (χ2v) is 2.91. The van der Waals surface area contributed by atoms with Gasteiger partial charge in [-0.3, -0.25) is 4.99 Å². The Morgan fingerprint density at radius 2 is 2.38 bits per heavy atom. The number of methoxy groups -OCH3 is 1. The monoisotopic (exact) mass is 184 g/mol. The largest absolute Gasteiger partial charge is 0.491 e. The van der Waals surface area contributed by atoms with Crippen LogP contribution < -0.4 is 0 Å². The molecular formula is C7H13BN2O3. The first-order valence-corrected chi connectivity index (χ1v) is 3.97. The molecule has 0 spiro atoms. The van der Waals surface area contributed by atoms with Gasteiger partial charge in [-0.2, -0.15) is 0 Å². The Bertz CT molecular complexity index is 230. The lowest BCUT2D eigenvalue weighted by molar-refractivity contribution is 0.0915. The molecule has 0 aromatic rings. The van der Waals surface area contributed by atoms with Crippen LogP contribution in [0.3, 0.4) is 0 Å². The first-order valence-electron chi connectivity index (χ1n) is 3.97. The molecule has 0 aromatic heterocycles. The molecule has 13 heavy (non-hydrogen) atoms. The van der Waals surface area contributed by atoms with E-state index in [0.717, 1.165) is 0 Å². The van der Waals surface area contributed by atoms with Crippen molar-refractivity contribution >= 4 is 13.3 Å². The standard InChI is InChI=1S/C7H13BN2O3/c1-10-4-6(8(11)12)3-9-7(5-10)13-2/h3-4,7,11-12H,5H2,1-2H3. The predicted octanol–water partition coefficient (Wildman–Crippen LogP) is -1.13. The summed E-state index contributed by atoms with van der Waals surface area (Å²) < 4.78 is 5.03. The van der Waals surface area contributed by atoms with Crippen molar-refractivity contribution in [1.82, 2.24) is 4.90 Å². The second-order valence-electron chi connectivity index (χ2n) is 2.91. The molecule has 0 aliphatic carbocycles. The van der Waals surface area contributed by atoms with Crippen LogP contribution >= 0.6 is 0 Å². The van der Waals surface area contributed by atoms with E-state index in [4.69, 9.17) is 14.8 Å². The lowest BCUT2D eigenvalue weighted by atomic mass is 9.81. The third-order valence-corrected chi connectivity index (χ3v) is 1.77. The molecule has 1 atom stereocenters. The third-order valence-electron chi connectivity index (χ3n) is 1.77. The Kier molecular flexibility index (Phi) is 3.47. The molecule has 5 nitrogen and oxygen atoms in total. The number of hydrogen-bond acceptors (Lipinski definition) is 5. The van der Waals surface area contributed by atoms with Crippen LogP contribution in [0.2, 0.25) is 0 Å². The molecule has 1 rings (SSSR count). The molecule has 0 amide bonds. The van der Waals surface area contributed by atoms with E-state index in [0.29, 0.717) is 12.0 Å². The summed E-state index contributed by atoms with van der Waals surface area (Å²) in [6.07, 6.45) is 2.80. The Morgan fingerprint density at radius 3 is 2.92 bits per heavy atom. The highest BCUT2D eigenvalue weighted by Crippen LogP contribution is 2.05. The van der Waals surface area contributed by atoms with Gasteiger partial charge in [0.1, 0.15) is 0 Å². The molecule has 1 aliphatic rings. The summed E-state index contributed by atoms with van der Waals surface area (Å²) in [5.41, 5.74) is 0.363. The Balaban J connectivity index is 2.74. The summed E-state index contributed by atoms with van der Waals surface area (Å²) in [4.78, 5) is 5.82. The van der Waals surface area contributed by atoms with Crippen LogP contribution in [0, 0.1) is 0 Å². The van der Waals surface area contributed by atoms with Gasteiger partial charge in [0.15, 0.2) is 6.23 Å². The number of rotatable bonds is 2. The topological polar surface area (TPSA) is 65.3 Å². The summed E-state index contributed by atoms with van der Waals surface area (Å²) in [5.74, 6) is 0. The van der Waals surface area contributed by atoms with Crippen molar-refractivity contribution in [1.29, 1.82) is 0 Å². The molecule has 72 valence electrons. The fourth-order valence-electron chi connectivity index (χ4n) is 1.07. The lowest BCUT2D eigenvalue weighted by Crippen LogP contribution is -2.24. The zero-order valence-corrected chi connectivity index (χ0v) is 7.71. The summed E-state index contributed by atoms with van der Waals surface area (Å²) >= 11 is 0. The molecular weight excluding hydrogens is 171 g/mol. The summed E-state index contributed by atoms with van der Waals surface area (Å²) in [6, 6.07) is 0. The maximum Gasteiger partial charge on any atom is 0.491 e. The van der Waals surface area contributed by atoms with Gasteiger partial charge in [-0.15, -0.1) is 0 Å². The van der Waals surface area contributed by atoms with Gasteiger partial charge in [-0.1, -0.05) is 0 Å². The van der Waals surface area contributed by atoms with Crippen LogP contribution in [-0.4, -0.2) is 55.2 Å². The van der Waals surface area contributed by atoms with Crippen molar-refractivity contribution in [3.8, 4) is 0 Å². The minimum Gasteiger partial charge on any atom is -0.423 e. The van der Waals surface area contributed by atoms with Crippen molar-refractivity contribution < 1.29 is 14.8 Å². The van der Waals surface area contributed by atoms with Crippen molar-refractivity contribution in [2.75, 3.05) is 20.7 Å². The number of hydrogen-bond donors (Lipinski definition) is 2. The molecule has 1 heterocycles. The van der Waals surface area contributed by atoms with E-state index in [1.165, 1.54) is 6.21 Å². The van der Waals surface area contributed by atoms with Gasteiger partial charge in [0.05, 0.1) is 6.54 Å². The quantitative estimate of drug-likeness (QED) is 0.533. The molecule has 1 aliphatic heterocycles. The summed E-state index contributed by atoms with van der Waals surface area (Å²) in [6.45, 7) is 0.600. The number of ether oxygens (including phenoxy) is 1. The van der Waals surface area contributed by atoms with Crippen LogP contribution in [0.5, 0.6) is 0 Å². The minimum atomic E-state index is -1.48. The molecule has 0 bridgehead atoms. The first kappa shape index (κ1) is 10.2. The third kappa shape index (κ3) is 2.84. The molecule has 1 unspecified atom stereocenters. The van der Waals surface area contributed by atoms with Gasteiger partial charge in [-0.05, 0) is 0 Å². The molecule has 2 N–H and O–H groups in total. The molecule has 0 fully saturated rings. The maximum atomic E-state index is 8.91. The van der Waals surface area contributed by atoms with Gasteiger partial charge in [0, 0.05) is 32.0 Å². The van der Waals surface area contributed by atoms with Crippen molar-refractivity contribution in [2.45, 2.75) is 6.23 Å². The molecule has 0 saturated heterocycles. The normalized spacial score (nSPS) is 22.6. The van der Waals surface area contributed by atoms with E-state index in [2.05, 4.69) is 4.99 Å². The number of aliphatic imine (C=N–C) groups is 1. The van der Waals surface area contributed by atoms with E-state index in [1.54, 1.807) is 18.2 Å². The smallest absolute Gasteiger partial charge is 0.423 e. The van der Waals surface area contributed by atoms with Gasteiger partial charge in [0.25, 0.3) is 0 Å². The van der Waals surface area contributed by atoms with Crippen molar-refractivity contribution in [2.24, 2.45) is 4.99 Å². The maximum absolute atomic E-state index is 8.91. The zero-order chi connectivity index (χ0) is 9.84. The van der Waals surface area contributed by atoms with Crippen LogP contribution in [0.4, 0.5) is 0 Å². The fraction of sp³-hybridized carbons (Fsp3) is 0.571. The van der Waals surface area contributed by atoms with E-state index >= 15 is 0 Å². The second kappa shape index (κ2) is 4.41. The average molecular weight is 184 g/mol. The van der Waals surface area contributed by atoms with E-state index in [-0.39, 0.29) is 6.23 Å². The number of allylic oxidation sites excluding steroid dienone is 1. The Hall–Kier alpha value is -0.845. The molecule has 6 heteroatoms. The van der Waals surface area contributed by atoms with E-state index in [1.807, 2.05) is 7.05 Å². The Morgan fingerprint density at radius 1 is 1.69 bits per heavy atom. The fourth-order valence-corrected chi connectivity index (χ4v) is 1.07. The first-order chi connectivity index (χ1) is 6.13. The average Bonchev–Trinajstić information content (AvgIpc) is 2.26. The van der Waals surface area contributed by atoms with Crippen molar-refractivity contribution in [3.63, 3.8) is 0 Å². The lowest BCUT2D eigenvalue weighted by Gasteiger charge is -2.16. The van der Waals surface area contributed by atoms with Crippen LogP contribution in [0.15, 0.2) is 16.7 Å².